The van der Waals surface area contributed by atoms with Crippen molar-refractivity contribution in [2.75, 3.05) is 11.1 Å². The molecule has 0 radical (unpaired) electrons. The number of anilines is 3. The van der Waals surface area contributed by atoms with Gasteiger partial charge in [0, 0.05) is 11.9 Å². The van der Waals surface area contributed by atoms with Crippen LogP contribution in [0.4, 0.5) is 17.2 Å². The van der Waals surface area contributed by atoms with Crippen molar-refractivity contribution in [1.82, 2.24) is 4.98 Å². The molecule has 0 unspecified atom stereocenters. The Hall–Kier alpha value is -1.74. The molecule has 1 heterocycles. The second-order valence-electron chi connectivity index (χ2n) is 4.09. The quantitative estimate of drug-likeness (QED) is 0.851. The molecular formula is C13H14ClN3. The summed E-state index contributed by atoms with van der Waals surface area (Å²) < 4.78 is 0. The van der Waals surface area contributed by atoms with Gasteiger partial charge in [0.1, 0.15) is 0 Å². The normalized spacial score (nSPS) is 10.3. The molecule has 2 aromatic rings. The number of nitrogens with two attached hydrogens (primary N) is 1. The maximum atomic E-state index is 5.84. The molecule has 0 aliphatic carbocycles. The average molecular weight is 248 g/mol. The number of aryl methyl sites for hydroxylation is 2. The zero-order valence-electron chi connectivity index (χ0n) is 9.79. The lowest BCUT2D eigenvalue weighted by Gasteiger charge is -2.10. The Kier molecular flexibility index (Phi) is 3.20. The van der Waals surface area contributed by atoms with Crippen molar-refractivity contribution in [2.45, 2.75) is 13.8 Å². The van der Waals surface area contributed by atoms with Crippen LogP contribution in [0, 0.1) is 13.8 Å². The molecule has 0 saturated heterocycles. The lowest BCUT2D eigenvalue weighted by molar-refractivity contribution is 1.30. The van der Waals surface area contributed by atoms with Crippen molar-refractivity contribution in [1.29, 1.82) is 0 Å². The van der Waals surface area contributed by atoms with Crippen molar-refractivity contribution in [3.63, 3.8) is 0 Å². The molecule has 1 aromatic heterocycles. The van der Waals surface area contributed by atoms with E-state index in [0.29, 0.717) is 16.5 Å². The first-order chi connectivity index (χ1) is 8.04. The number of aromatic nitrogens is 1. The van der Waals surface area contributed by atoms with Crippen molar-refractivity contribution in [2.24, 2.45) is 0 Å². The van der Waals surface area contributed by atoms with Crippen molar-refractivity contribution >= 4 is 28.8 Å². The molecule has 0 bridgehead atoms. The van der Waals surface area contributed by atoms with E-state index in [1.165, 1.54) is 11.1 Å². The number of hydrogen-bond acceptors (Lipinski definition) is 3. The molecule has 1 aromatic carbocycles. The molecule has 4 heteroatoms. The van der Waals surface area contributed by atoms with Crippen LogP contribution in [-0.2, 0) is 0 Å². The van der Waals surface area contributed by atoms with Gasteiger partial charge in [0.25, 0.3) is 0 Å². The highest BCUT2D eigenvalue weighted by molar-refractivity contribution is 6.30. The molecule has 0 aliphatic rings. The number of nitrogen functional groups attached to an aromatic ring is 1. The van der Waals surface area contributed by atoms with Crippen LogP contribution in [-0.4, -0.2) is 4.98 Å². The molecule has 2 rings (SSSR count). The SMILES string of the molecule is Cc1cc(C)cc(Nc2ncc(Cl)cc2N)c1. The fraction of sp³-hybridized carbons (Fsp3) is 0.154. The second kappa shape index (κ2) is 4.63. The molecule has 3 nitrogen and oxygen atoms in total. The monoisotopic (exact) mass is 247 g/mol. The van der Waals surface area contributed by atoms with Crippen LogP contribution in [0.25, 0.3) is 0 Å². The number of nitrogens with one attached hydrogen (secondary N) is 1. The summed E-state index contributed by atoms with van der Waals surface area (Å²) in [5.74, 6) is 0.624. The number of nitrogens with zero attached hydrogens (tertiary/aromatic N) is 1. The van der Waals surface area contributed by atoms with Gasteiger partial charge in [-0.25, -0.2) is 4.98 Å². The topological polar surface area (TPSA) is 50.9 Å². The molecule has 0 atom stereocenters. The lowest BCUT2D eigenvalue weighted by Crippen LogP contribution is -1.99. The van der Waals surface area contributed by atoms with Gasteiger partial charge >= 0.3 is 0 Å². The molecular weight excluding hydrogens is 234 g/mol. The molecule has 0 amide bonds. The second-order valence-corrected chi connectivity index (χ2v) is 4.53. The molecule has 3 N–H and O–H groups in total. The fourth-order valence-electron chi connectivity index (χ4n) is 1.74. The van der Waals surface area contributed by atoms with Crippen molar-refractivity contribution in [3.05, 3.63) is 46.6 Å². The predicted molar refractivity (Wildman–Crippen MR) is 72.9 cm³/mol. The fourth-order valence-corrected chi connectivity index (χ4v) is 1.91. The van der Waals surface area contributed by atoms with E-state index >= 15 is 0 Å². The van der Waals surface area contributed by atoms with E-state index in [9.17, 15) is 0 Å². The highest BCUT2D eigenvalue weighted by atomic mass is 35.5. The smallest absolute Gasteiger partial charge is 0.153 e. The van der Waals surface area contributed by atoms with Crippen LogP contribution >= 0.6 is 11.6 Å². The minimum atomic E-state index is 0.536. The number of hydrogen-bond donors (Lipinski definition) is 2. The molecule has 0 spiro atoms. The Labute approximate surface area is 106 Å². The van der Waals surface area contributed by atoms with Gasteiger partial charge in [0.15, 0.2) is 5.82 Å². The van der Waals surface area contributed by atoms with Crippen molar-refractivity contribution < 1.29 is 0 Å². The van der Waals surface area contributed by atoms with Crippen LogP contribution in [0.15, 0.2) is 30.5 Å². The summed E-state index contributed by atoms with van der Waals surface area (Å²) in [7, 11) is 0. The number of halogens is 1. The summed E-state index contributed by atoms with van der Waals surface area (Å²) in [5.41, 5.74) is 9.74. The van der Waals surface area contributed by atoms with Crippen LogP contribution < -0.4 is 11.1 Å². The van der Waals surface area contributed by atoms with Gasteiger partial charge in [-0.1, -0.05) is 17.7 Å². The minimum absolute atomic E-state index is 0.536. The first-order valence-electron chi connectivity index (χ1n) is 5.31. The van der Waals surface area contributed by atoms with Crippen LogP contribution in [0.2, 0.25) is 5.02 Å². The third kappa shape index (κ3) is 2.88. The van der Waals surface area contributed by atoms with E-state index in [4.69, 9.17) is 17.3 Å². The molecule has 0 aliphatic heterocycles. The zero-order chi connectivity index (χ0) is 12.4. The zero-order valence-corrected chi connectivity index (χ0v) is 10.5. The van der Waals surface area contributed by atoms with E-state index in [0.717, 1.165) is 5.69 Å². The van der Waals surface area contributed by atoms with Gasteiger partial charge in [-0.05, 0) is 43.2 Å². The number of rotatable bonds is 2. The van der Waals surface area contributed by atoms with Gasteiger partial charge in [0.05, 0.1) is 10.7 Å². The van der Waals surface area contributed by atoms with Gasteiger partial charge in [-0.3, -0.25) is 0 Å². The first-order valence-corrected chi connectivity index (χ1v) is 5.69. The number of pyridine rings is 1. The largest absolute Gasteiger partial charge is 0.396 e. The molecule has 0 saturated carbocycles. The Morgan fingerprint density at radius 3 is 2.35 bits per heavy atom. The van der Waals surface area contributed by atoms with E-state index in [1.807, 2.05) is 12.1 Å². The average Bonchev–Trinajstić information content (AvgIpc) is 2.21. The highest BCUT2D eigenvalue weighted by Gasteiger charge is 2.03. The molecule has 0 fully saturated rings. The third-order valence-electron chi connectivity index (χ3n) is 2.37. The summed E-state index contributed by atoms with van der Waals surface area (Å²) in [5, 5.41) is 3.72. The predicted octanol–water partition coefficient (Wildman–Crippen LogP) is 3.68. The molecule has 88 valence electrons. The van der Waals surface area contributed by atoms with Gasteiger partial charge < -0.3 is 11.1 Å². The standard InChI is InChI=1S/C13H14ClN3/c1-8-3-9(2)5-11(4-8)17-13-12(15)6-10(14)7-16-13/h3-7H,15H2,1-2H3,(H,16,17). The third-order valence-corrected chi connectivity index (χ3v) is 2.57. The highest BCUT2D eigenvalue weighted by Crippen LogP contribution is 2.24. The van der Waals surface area contributed by atoms with E-state index in [2.05, 4.69) is 30.2 Å². The minimum Gasteiger partial charge on any atom is -0.396 e. The van der Waals surface area contributed by atoms with Gasteiger partial charge in [-0.2, -0.15) is 0 Å². The van der Waals surface area contributed by atoms with E-state index in [-0.39, 0.29) is 0 Å². The maximum absolute atomic E-state index is 5.84. The summed E-state index contributed by atoms with van der Waals surface area (Å²) in [6, 6.07) is 7.88. The molecule has 17 heavy (non-hydrogen) atoms. The Bertz CT molecular complexity index is 532. The van der Waals surface area contributed by atoms with Crippen LogP contribution in [0.5, 0.6) is 0 Å². The van der Waals surface area contributed by atoms with E-state index in [1.54, 1.807) is 12.3 Å². The van der Waals surface area contributed by atoms with Gasteiger partial charge in [0.2, 0.25) is 0 Å². The Morgan fingerprint density at radius 2 is 1.76 bits per heavy atom. The lowest BCUT2D eigenvalue weighted by atomic mass is 10.1. The van der Waals surface area contributed by atoms with Crippen molar-refractivity contribution in [3.8, 4) is 0 Å². The number of benzene rings is 1. The van der Waals surface area contributed by atoms with Crippen LogP contribution in [0.3, 0.4) is 0 Å². The van der Waals surface area contributed by atoms with Crippen LogP contribution in [0.1, 0.15) is 11.1 Å². The summed E-state index contributed by atoms with van der Waals surface area (Å²) >= 11 is 5.80. The first kappa shape index (κ1) is 11.7. The summed E-state index contributed by atoms with van der Waals surface area (Å²) in [6.07, 6.45) is 1.57. The van der Waals surface area contributed by atoms with E-state index < -0.39 is 0 Å². The summed E-state index contributed by atoms with van der Waals surface area (Å²) in [4.78, 5) is 4.16. The van der Waals surface area contributed by atoms with Gasteiger partial charge in [-0.15, -0.1) is 0 Å². The Morgan fingerprint density at radius 1 is 1.12 bits per heavy atom. The Balaban J connectivity index is 2.31. The summed E-state index contributed by atoms with van der Waals surface area (Å²) in [6.45, 7) is 4.10. The maximum Gasteiger partial charge on any atom is 0.153 e.